The first-order chi connectivity index (χ1) is 9.70. The Bertz CT molecular complexity index is 476. The highest BCUT2D eigenvalue weighted by Gasteiger charge is 2.19. The van der Waals surface area contributed by atoms with Crippen LogP contribution >= 0.6 is 0 Å². The quantitative estimate of drug-likeness (QED) is 0.732. The molecule has 0 spiro atoms. The van der Waals surface area contributed by atoms with Gasteiger partial charge in [-0.15, -0.1) is 0 Å². The fourth-order valence-electron chi connectivity index (χ4n) is 2.85. The standard InChI is InChI=1S/C19H26O/c1-4-6-16-7-5-8-18(14-16)19(13-15(2)3)17-9-11-20-12-10-17/h4-8,13-15,17H,9-12H2,1-3H3/b6-4-,19-13+. The molecule has 0 aromatic heterocycles. The molecular formula is C19H26O. The van der Waals surface area contributed by atoms with Crippen LogP contribution in [0.25, 0.3) is 11.6 Å². The summed E-state index contributed by atoms with van der Waals surface area (Å²) >= 11 is 0. The van der Waals surface area contributed by atoms with E-state index in [2.05, 4.69) is 63.3 Å². The number of hydrogen-bond acceptors (Lipinski definition) is 1. The zero-order valence-electron chi connectivity index (χ0n) is 12.9. The third kappa shape index (κ3) is 4.08. The van der Waals surface area contributed by atoms with Gasteiger partial charge in [-0.3, -0.25) is 0 Å². The fourth-order valence-corrected chi connectivity index (χ4v) is 2.85. The molecule has 0 N–H and O–H groups in total. The van der Waals surface area contributed by atoms with Gasteiger partial charge in [0.15, 0.2) is 0 Å². The molecular weight excluding hydrogens is 244 g/mol. The van der Waals surface area contributed by atoms with Crippen LogP contribution in [0.1, 0.15) is 44.7 Å². The van der Waals surface area contributed by atoms with Crippen LogP contribution in [0.15, 0.2) is 36.4 Å². The van der Waals surface area contributed by atoms with Gasteiger partial charge in [0.1, 0.15) is 0 Å². The van der Waals surface area contributed by atoms with Gasteiger partial charge >= 0.3 is 0 Å². The van der Waals surface area contributed by atoms with Crippen LogP contribution in [0.5, 0.6) is 0 Å². The van der Waals surface area contributed by atoms with Crippen molar-refractivity contribution >= 4 is 11.6 Å². The number of hydrogen-bond donors (Lipinski definition) is 0. The topological polar surface area (TPSA) is 9.23 Å². The van der Waals surface area contributed by atoms with E-state index in [4.69, 9.17) is 4.74 Å². The molecule has 0 aliphatic carbocycles. The SMILES string of the molecule is C/C=C\c1cccc(/C(=C/C(C)C)C2CCOCC2)c1. The van der Waals surface area contributed by atoms with Gasteiger partial charge in [-0.2, -0.15) is 0 Å². The predicted molar refractivity (Wildman–Crippen MR) is 87.5 cm³/mol. The van der Waals surface area contributed by atoms with Crippen molar-refractivity contribution in [2.24, 2.45) is 11.8 Å². The van der Waals surface area contributed by atoms with Crippen LogP contribution in [0.2, 0.25) is 0 Å². The van der Waals surface area contributed by atoms with Crippen LogP contribution in [-0.2, 0) is 4.74 Å². The van der Waals surface area contributed by atoms with Crippen molar-refractivity contribution in [2.45, 2.75) is 33.6 Å². The third-order valence-corrected chi connectivity index (χ3v) is 3.75. The van der Waals surface area contributed by atoms with Gasteiger partial charge < -0.3 is 4.74 Å². The molecule has 0 atom stereocenters. The Labute approximate surface area is 123 Å². The Balaban J connectivity index is 2.33. The first-order valence-corrected chi connectivity index (χ1v) is 7.73. The number of allylic oxidation sites excluding steroid dienone is 3. The maximum atomic E-state index is 5.51. The second-order valence-corrected chi connectivity index (χ2v) is 5.88. The monoisotopic (exact) mass is 270 g/mol. The van der Waals surface area contributed by atoms with Crippen molar-refractivity contribution in [3.63, 3.8) is 0 Å². The zero-order valence-corrected chi connectivity index (χ0v) is 12.9. The molecule has 1 heteroatoms. The first kappa shape index (κ1) is 15.1. The first-order valence-electron chi connectivity index (χ1n) is 7.73. The van der Waals surface area contributed by atoms with Gasteiger partial charge in [-0.05, 0) is 54.4 Å². The Morgan fingerprint density at radius 3 is 2.65 bits per heavy atom. The maximum Gasteiger partial charge on any atom is 0.0471 e. The van der Waals surface area contributed by atoms with E-state index in [9.17, 15) is 0 Å². The van der Waals surface area contributed by atoms with Crippen molar-refractivity contribution in [2.75, 3.05) is 13.2 Å². The van der Waals surface area contributed by atoms with Gasteiger partial charge in [0.05, 0.1) is 0 Å². The molecule has 1 aromatic carbocycles. The Morgan fingerprint density at radius 2 is 2.00 bits per heavy atom. The minimum atomic E-state index is 0.582. The van der Waals surface area contributed by atoms with Crippen molar-refractivity contribution in [3.05, 3.63) is 47.5 Å². The average molecular weight is 270 g/mol. The summed E-state index contributed by atoms with van der Waals surface area (Å²) < 4.78 is 5.51. The molecule has 0 bridgehead atoms. The second-order valence-electron chi connectivity index (χ2n) is 5.88. The fraction of sp³-hybridized carbons (Fsp3) is 0.474. The second kappa shape index (κ2) is 7.44. The van der Waals surface area contributed by atoms with E-state index in [1.165, 1.54) is 16.7 Å². The molecule has 1 saturated heterocycles. The summed E-state index contributed by atoms with van der Waals surface area (Å²) in [6.07, 6.45) is 8.99. The lowest BCUT2D eigenvalue weighted by atomic mass is 9.84. The zero-order chi connectivity index (χ0) is 14.4. The van der Waals surface area contributed by atoms with Gasteiger partial charge in [0.2, 0.25) is 0 Å². The van der Waals surface area contributed by atoms with Crippen molar-refractivity contribution in [3.8, 4) is 0 Å². The molecule has 1 aromatic rings. The van der Waals surface area contributed by atoms with Gasteiger partial charge in [-0.1, -0.05) is 50.3 Å². The van der Waals surface area contributed by atoms with E-state index >= 15 is 0 Å². The minimum Gasteiger partial charge on any atom is -0.381 e. The summed E-state index contributed by atoms with van der Waals surface area (Å²) in [5, 5.41) is 0. The Morgan fingerprint density at radius 1 is 1.25 bits per heavy atom. The van der Waals surface area contributed by atoms with Crippen molar-refractivity contribution in [1.29, 1.82) is 0 Å². The molecule has 0 unspecified atom stereocenters. The number of benzene rings is 1. The van der Waals surface area contributed by atoms with E-state index < -0.39 is 0 Å². The molecule has 108 valence electrons. The molecule has 1 nitrogen and oxygen atoms in total. The number of ether oxygens (including phenoxy) is 1. The lowest BCUT2D eigenvalue weighted by Gasteiger charge is -2.26. The maximum absolute atomic E-state index is 5.51. The van der Waals surface area contributed by atoms with Gasteiger partial charge in [0.25, 0.3) is 0 Å². The lowest BCUT2D eigenvalue weighted by Crippen LogP contribution is -2.17. The smallest absolute Gasteiger partial charge is 0.0471 e. The highest BCUT2D eigenvalue weighted by molar-refractivity contribution is 5.70. The molecule has 1 heterocycles. The lowest BCUT2D eigenvalue weighted by molar-refractivity contribution is 0.0807. The highest BCUT2D eigenvalue weighted by atomic mass is 16.5. The predicted octanol–water partition coefficient (Wildman–Crippen LogP) is 5.19. The molecule has 1 aliphatic rings. The minimum absolute atomic E-state index is 0.582. The van der Waals surface area contributed by atoms with Gasteiger partial charge in [0, 0.05) is 13.2 Å². The summed E-state index contributed by atoms with van der Waals surface area (Å²) in [4.78, 5) is 0. The van der Waals surface area contributed by atoms with Crippen molar-refractivity contribution in [1.82, 2.24) is 0 Å². The Hall–Kier alpha value is -1.34. The number of rotatable bonds is 4. The molecule has 0 saturated carbocycles. The summed E-state index contributed by atoms with van der Waals surface area (Å²) in [5.74, 6) is 1.23. The molecule has 0 amide bonds. The van der Waals surface area contributed by atoms with E-state index in [0.717, 1.165) is 26.1 Å². The van der Waals surface area contributed by atoms with Gasteiger partial charge in [-0.25, -0.2) is 0 Å². The largest absolute Gasteiger partial charge is 0.381 e. The van der Waals surface area contributed by atoms with Crippen LogP contribution in [0.4, 0.5) is 0 Å². The summed E-state index contributed by atoms with van der Waals surface area (Å²) in [7, 11) is 0. The third-order valence-electron chi connectivity index (χ3n) is 3.75. The molecule has 1 aliphatic heterocycles. The molecule has 20 heavy (non-hydrogen) atoms. The normalized spacial score (nSPS) is 18.1. The van der Waals surface area contributed by atoms with Crippen LogP contribution in [0, 0.1) is 11.8 Å². The summed E-state index contributed by atoms with van der Waals surface area (Å²) in [5.41, 5.74) is 4.17. The van der Waals surface area contributed by atoms with E-state index in [1.807, 2.05) is 0 Å². The average Bonchev–Trinajstić information content (AvgIpc) is 2.46. The van der Waals surface area contributed by atoms with E-state index in [-0.39, 0.29) is 0 Å². The van der Waals surface area contributed by atoms with Crippen molar-refractivity contribution < 1.29 is 4.74 Å². The molecule has 1 fully saturated rings. The summed E-state index contributed by atoms with van der Waals surface area (Å²) in [6, 6.07) is 8.89. The molecule has 2 rings (SSSR count). The van der Waals surface area contributed by atoms with E-state index in [0.29, 0.717) is 11.8 Å². The van der Waals surface area contributed by atoms with Crippen LogP contribution in [-0.4, -0.2) is 13.2 Å². The summed E-state index contributed by atoms with van der Waals surface area (Å²) in [6.45, 7) is 8.38. The van der Waals surface area contributed by atoms with Crippen LogP contribution < -0.4 is 0 Å². The van der Waals surface area contributed by atoms with Crippen LogP contribution in [0.3, 0.4) is 0 Å². The molecule has 0 radical (unpaired) electrons. The highest BCUT2D eigenvalue weighted by Crippen LogP contribution is 2.32. The Kier molecular flexibility index (Phi) is 5.60. The van der Waals surface area contributed by atoms with E-state index in [1.54, 1.807) is 0 Å².